The van der Waals surface area contributed by atoms with Crippen LogP contribution >= 0.6 is 0 Å². The van der Waals surface area contributed by atoms with E-state index in [1.165, 1.54) is 31.8 Å². The Balaban J connectivity index is 1.73. The number of aromatic nitrogens is 3. The number of pyridine rings is 1. The third kappa shape index (κ3) is 2.94. The molecule has 0 bridgehead atoms. The van der Waals surface area contributed by atoms with Crippen LogP contribution in [0.25, 0.3) is 10.9 Å². The first-order valence-electron chi connectivity index (χ1n) is 7.31. The number of nitrogens with zero attached hydrogens (tertiary/aromatic N) is 3. The van der Waals surface area contributed by atoms with Gasteiger partial charge >= 0.3 is 0 Å². The monoisotopic (exact) mass is 286 g/mol. The molecule has 0 radical (unpaired) electrons. The van der Waals surface area contributed by atoms with Crippen molar-refractivity contribution >= 4 is 16.8 Å². The van der Waals surface area contributed by atoms with Crippen molar-refractivity contribution in [1.82, 2.24) is 20.3 Å². The average Bonchev–Trinajstić information content (AvgIpc) is 2.54. The molecule has 2 aromatic rings. The van der Waals surface area contributed by atoms with E-state index >= 15 is 0 Å². The molecule has 0 saturated heterocycles. The lowest BCUT2D eigenvalue weighted by molar-refractivity contribution is 0.0936. The van der Waals surface area contributed by atoms with Crippen LogP contribution < -0.4 is 5.32 Å². The first-order chi connectivity index (χ1) is 10.3. The van der Waals surface area contributed by atoms with Gasteiger partial charge in [-0.3, -0.25) is 4.79 Å². The summed E-state index contributed by atoms with van der Waals surface area (Å²) < 4.78 is 0. The van der Waals surface area contributed by atoms with Crippen LogP contribution in [0.4, 0.5) is 0 Å². The Labute approximate surface area is 122 Å². The summed E-state index contributed by atoms with van der Waals surface area (Å²) in [5.74, 6) is 0.00209. The van der Waals surface area contributed by atoms with Crippen molar-refractivity contribution < 1.29 is 9.90 Å². The molecule has 2 N–H and O–H groups in total. The van der Waals surface area contributed by atoms with Gasteiger partial charge in [0.2, 0.25) is 0 Å². The maximum absolute atomic E-state index is 12.2. The van der Waals surface area contributed by atoms with Crippen molar-refractivity contribution in [3.63, 3.8) is 0 Å². The van der Waals surface area contributed by atoms with Gasteiger partial charge in [0.1, 0.15) is 11.8 Å². The first-order valence-corrected chi connectivity index (χ1v) is 7.31. The second kappa shape index (κ2) is 6.03. The van der Waals surface area contributed by atoms with Crippen LogP contribution in [0.5, 0.6) is 5.75 Å². The van der Waals surface area contributed by atoms with E-state index in [1.807, 2.05) is 0 Å². The Kier molecular flexibility index (Phi) is 3.94. The zero-order chi connectivity index (χ0) is 14.7. The highest BCUT2D eigenvalue weighted by Crippen LogP contribution is 2.25. The Bertz CT molecular complexity index is 653. The van der Waals surface area contributed by atoms with E-state index in [2.05, 4.69) is 20.3 Å². The van der Waals surface area contributed by atoms with Gasteiger partial charge in [-0.05, 0) is 18.8 Å². The van der Waals surface area contributed by atoms with Crippen LogP contribution in [0.15, 0.2) is 18.7 Å². The van der Waals surface area contributed by atoms with Gasteiger partial charge in [-0.1, -0.05) is 19.3 Å². The van der Waals surface area contributed by atoms with Gasteiger partial charge < -0.3 is 10.4 Å². The molecule has 6 nitrogen and oxygen atoms in total. The van der Waals surface area contributed by atoms with E-state index in [1.54, 1.807) is 6.20 Å². The van der Waals surface area contributed by atoms with Crippen LogP contribution in [-0.4, -0.2) is 32.5 Å². The largest absolute Gasteiger partial charge is 0.504 e. The number of carbonyl (C=O) groups is 1. The van der Waals surface area contributed by atoms with Crippen LogP contribution in [0.1, 0.15) is 42.6 Å². The normalized spacial score (nSPS) is 16.0. The smallest absolute Gasteiger partial charge is 0.273 e. The number of amides is 1. The van der Waals surface area contributed by atoms with Crippen molar-refractivity contribution in [2.45, 2.75) is 32.1 Å². The SMILES string of the molecule is O=C(NCC1CCCCC1)c1ncc2cncnc2c1O. The van der Waals surface area contributed by atoms with Crippen molar-refractivity contribution in [2.75, 3.05) is 6.54 Å². The fourth-order valence-electron chi connectivity index (χ4n) is 2.82. The topological polar surface area (TPSA) is 88.0 Å². The molecule has 0 spiro atoms. The standard InChI is InChI=1S/C15H18N4O2/c20-14-12-11(7-16-9-19-12)8-17-13(14)15(21)18-6-10-4-2-1-3-5-10/h7-10,20H,1-6H2,(H,18,21). The van der Waals surface area contributed by atoms with E-state index in [0.717, 1.165) is 12.8 Å². The summed E-state index contributed by atoms with van der Waals surface area (Å²) in [4.78, 5) is 24.1. The maximum Gasteiger partial charge on any atom is 0.273 e. The summed E-state index contributed by atoms with van der Waals surface area (Å²) in [6.07, 6.45) is 10.5. The molecule has 1 fully saturated rings. The molecule has 3 rings (SSSR count). The van der Waals surface area contributed by atoms with Gasteiger partial charge in [-0.2, -0.15) is 0 Å². The molecule has 0 unspecified atom stereocenters. The van der Waals surface area contributed by atoms with Crippen LogP contribution in [0.2, 0.25) is 0 Å². The predicted molar refractivity (Wildman–Crippen MR) is 77.9 cm³/mol. The summed E-state index contributed by atoms with van der Waals surface area (Å²) in [7, 11) is 0. The lowest BCUT2D eigenvalue weighted by Crippen LogP contribution is -2.30. The number of nitrogens with one attached hydrogen (secondary N) is 1. The first kappa shape index (κ1) is 13.7. The third-order valence-electron chi connectivity index (χ3n) is 4.01. The van der Waals surface area contributed by atoms with Gasteiger partial charge in [0.25, 0.3) is 5.91 Å². The van der Waals surface area contributed by atoms with Crippen molar-refractivity contribution in [3.05, 3.63) is 24.4 Å². The van der Waals surface area contributed by atoms with Crippen LogP contribution in [-0.2, 0) is 0 Å². The Morgan fingerprint density at radius 3 is 2.86 bits per heavy atom. The molecule has 21 heavy (non-hydrogen) atoms. The molecule has 1 aliphatic carbocycles. The fourth-order valence-corrected chi connectivity index (χ4v) is 2.82. The molecular weight excluding hydrogens is 268 g/mol. The molecule has 0 aromatic carbocycles. The summed E-state index contributed by atoms with van der Waals surface area (Å²) in [5, 5.41) is 13.6. The predicted octanol–water partition coefficient (Wildman–Crippen LogP) is 2.04. The maximum atomic E-state index is 12.2. The van der Waals surface area contributed by atoms with Gasteiger partial charge in [0, 0.05) is 24.3 Å². The van der Waals surface area contributed by atoms with Crippen LogP contribution in [0.3, 0.4) is 0 Å². The molecule has 2 heterocycles. The van der Waals surface area contributed by atoms with Gasteiger partial charge in [0.15, 0.2) is 11.4 Å². The quantitative estimate of drug-likeness (QED) is 0.901. The summed E-state index contributed by atoms with van der Waals surface area (Å²) in [6.45, 7) is 0.641. The Morgan fingerprint density at radius 1 is 1.24 bits per heavy atom. The highest BCUT2D eigenvalue weighted by atomic mass is 16.3. The van der Waals surface area contributed by atoms with E-state index in [9.17, 15) is 9.90 Å². The fraction of sp³-hybridized carbons (Fsp3) is 0.467. The minimum atomic E-state index is -0.349. The van der Waals surface area contributed by atoms with Crippen molar-refractivity contribution in [1.29, 1.82) is 0 Å². The van der Waals surface area contributed by atoms with Crippen molar-refractivity contribution in [2.24, 2.45) is 5.92 Å². The van der Waals surface area contributed by atoms with E-state index in [0.29, 0.717) is 23.4 Å². The number of fused-ring (bicyclic) bond motifs is 1. The highest BCUT2D eigenvalue weighted by Gasteiger charge is 2.19. The third-order valence-corrected chi connectivity index (χ3v) is 4.01. The van der Waals surface area contributed by atoms with Crippen molar-refractivity contribution in [3.8, 4) is 5.75 Å². The lowest BCUT2D eigenvalue weighted by atomic mass is 9.89. The molecule has 0 atom stereocenters. The van der Waals surface area contributed by atoms with E-state index < -0.39 is 0 Å². The molecule has 0 aliphatic heterocycles. The molecule has 2 aromatic heterocycles. The van der Waals surface area contributed by atoms with E-state index in [-0.39, 0.29) is 17.4 Å². The molecule has 6 heteroatoms. The van der Waals surface area contributed by atoms with Gasteiger partial charge in [-0.25, -0.2) is 15.0 Å². The Morgan fingerprint density at radius 2 is 2.05 bits per heavy atom. The van der Waals surface area contributed by atoms with E-state index in [4.69, 9.17) is 0 Å². The number of rotatable bonds is 3. The van der Waals surface area contributed by atoms with Gasteiger partial charge in [-0.15, -0.1) is 0 Å². The number of carbonyl (C=O) groups excluding carboxylic acids is 1. The zero-order valence-corrected chi connectivity index (χ0v) is 11.7. The number of hydrogen-bond acceptors (Lipinski definition) is 5. The van der Waals surface area contributed by atoms with Crippen LogP contribution in [0, 0.1) is 5.92 Å². The average molecular weight is 286 g/mol. The second-order valence-electron chi connectivity index (χ2n) is 5.50. The zero-order valence-electron chi connectivity index (χ0n) is 11.7. The summed E-state index contributed by atoms with van der Waals surface area (Å²) >= 11 is 0. The minimum Gasteiger partial charge on any atom is -0.504 e. The summed E-state index contributed by atoms with van der Waals surface area (Å²) in [6, 6.07) is 0. The second-order valence-corrected chi connectivity index (χ2v) is 5.50. The minimum absolute atomic E-state index is 0.0250. The highest BCUT2D eigenvalue weighted by molar-refractivity contribution is 5.99. The molecular formula is C15H18N4O2. The van der Waals surface area contributed by atoms with Gasteiger partial charge in [0.05, 0.1) is 0 Å². The number of aromatic hydroxyl groups is 1. The summed E-state index contributed by atoms with van der Waals surface area (Å²) in [5.41, 5.74) is 0.375. The Hall–Kier alpha value is -2.24. The molecule has 1 amide bonds. The number of hydrogen-bond donors (Lipinski definition) is 2. The molecule has 1 aliphatic rings. The lowest BCUT2D eigenvalue weighted by Gasteiger charge is -2.21. The molecule has 110 valence electrons. The molecule has 1 saturated carbocycles.